The van der Waals surface area contributed by atoms with Gasteiger partial charge in [0.2, 0.25) is 0 Å². The Bertz CT molecular complexity index is 2320. The van der Waals surface area contributed by atoms with Gasteiger partial charge in [-0.15, -0.1) is 0 Å². The van der Waals surface area contributed by atoms with E-state index in [-0.39, 0.29) is 5.41 Å². The molecule has 4 heteroatoms. The molecule has 0 spiro atoms. The lowest BCUT2D eigenvalue weighted by molar-refractivity contribution is 0.122. The maximum absolute atomic E-state index is 6.18. The number of morpholine rings is 1. The number of hydrogen-bond acceptors (Lipinski definition) is 4. The van der Waals surface area contributed by atoms with Gasteiger partial charge in [0, 0.05) is 23.9 Å². The van der Waals surface area contributed by atoms with Crippen LogP contribution in [-0.4, -0.2) is 40.5 Å². The van der Waals surface area contributed by atoms with E-state index in [9.17, 15) is 0 Å². The van der Waals surface area contributed by atoms with Crippen LogP contribution in [0.25, 0.3) is 39.1 Å². The van der Waals surface area contributed by atoms with Crippen molar-refractivity contribution >= 4 is 22.5 Å². The van der Waals surface area contributed by atoms with Gasteiger partial charge >= 0.3 is 0 Å². The lowest BCUT2D eigenvalue weighted by Gasteiger charge is -2.34. The van der Waals surface area contributed by atoms with E-state index in [1.807, 2.05) is 0 Å². The van der Waals surface area contributed by atoms with Gasteiger partial charge in [-0.3, -0.25) is 0 Å². The average Bonchev–Trinajstić information content (AvgIpc) is 3.53. The van der Waals surface area contributed by atoms with Gasteiger partial charge in [0.15, 0.2) is 0 Å². The van der Waals surface area contributed by atoms with Crippen molar-refractivity contribution in [3.8, 4) is 33.8 Å². The Hall–Kier alpha value is -5.32. The Morgan fingerprint density at radius 3 is 2.06 bits per heavy atom. The van der Waals surface area contributed by atoms with E-state index in [4.69, 9.17) is 14.2 Å². The number of fused-ring (bicyclic) bond motifs is 5. The fourth-order valence-corrected chi connectivity index (χ4v) is 9.31. The van der Waals surface area contributed by atoms with Crippen LogP contribution < -0.4 is 14.4 Å². The lowest BCUT2D eigenvalue weighted by Crippen LogP contribution is -2.36. The first kappa shape index (κ1) is 35.7. The molecule has 0 bridgehead atoms. The second-order valence-corrected chi connectivity index (χ2v) is 15.0. The van der Waals surface area contributed by atoms with Crippen LogP contribution in [0.3, 0.4) is 0 Å². The summed E-state index contributed by atoms with van der Waals surface area (Å²) in [5.74, 6) is 1.76. The summed E-state index contributed by atoms with van der Waals surface area (Å²) in [7, 11) is 3.52. The standard InChI is InChI=1S/C50H51NO3/c1-7-50(8-2)44-31-36(35-15-11-9-12-16-35)19-24-41(44)47-43-32-45(51-27-29-54-30-28-51)46(53-6)33-42(43)34(3)40(48(47)50)25-26-49(4,37-17-13-10-14-18-37)38-20-22-39(52-5)23-21-38/h9-26,31-33H,7-8,27-30H2,1-6H3/b26-25-. The maximum atomic E-state index is 6.18. The van der Waals surface area contributed by atoms with Gasteiger partial charge in [0.1, 0.15) is 11.5 Å². The number of anilines is 1. The number of benzene rings is 6. The highest BCUT2D eigenvalue weighted by atomic mass is 16.5. The molecule has 1 heterocycles. The molecule has 0 saturated carbocycles. The second-order valence-electron chi connectivity index (χ2n) is 15.0. The summed E-state index contributed by atoms with van der Waals surface area (Å²) < 4.78 is 17.5. The Kier molecular flexibility index (Phi) is 9.58. The smallest absolute Gasteiger partial charge is 0.142 e. The molecule has 1 fully saturated rings. The van der Waals surface area contributed by atoms with Crippen LogP contribution in [0.2, 0.25) is 0 Å². The highest BCUT2D eigenvalue weighted by Gasteiger charge is 2.44. The first-order chi connectivity index (χ1) is 26.4. The van der Waals surface area contributed by atoms with Crippen LogP contribution in [0.15, 0.2) is 121 Å². The summed E-state index contributed by atoms with van der Waals surface area (Å²) >= 11 is 0. The third kappa shape index (κ3) is 5.79. The van der Waals surface area contributed by atoms with Gasteiger partial charge in [0.25, 0.3) is 0 Å². The van der Waals surface area contributed by atoms with Crippen molar-refractivity contribution in [1.82, 2.24) is 0 Å². The van der Waals surface area contributed by atoms with Gasteiger partial charge in [-0.1, -0.05) is 111 Å². The summed E-state index contributed by atoms with van der Waals surface area (Å²) in [6, 6.07) is 42.2. The van der Waals surface area contributed by atoms with Crippen LogP contribution in [-0.2, 0) is 15.6 Å². The number of methoxy groups -OCH3 is 2. The number of ether oxygens (including phenoxy) is 3. The Morgan fingerprint density at radius 2 is 1.41 bits per heavy atom. The van der Waals surface area contributed by atoms with Crippen molar-refractivity contribution in [1.29, 1.82) is 0 Å². The van der Waals surface area contributed by atoms with Crippen LogP contribution >= 0.6 is 0 Å². The average molecular weight is 714 g/mol. The monoisotopic (exact) mass is 713 g/mol. The zero-order valence-corrected chi connectivity index (χ0v) is 32.5. The Balaban J connectivity index is 1.43. The van der Waals surface area contributed by atoms with Crippen LogP contribution in [0.4, 0.5) is 5.69 Å². The summed E-state index contributed by atoms with van der Waals surface area (Å²) in [5, 5.41) is 2.52. The van der Waals surface area contributed by atoms with Gasteiger partial charge in [0.05, 0.1) is 33.1 Å². The summed E-state index contributed by atoms with van der Waals surface area (Å²) in [6.07, 6.45) is 6.87. The molecule has 0 N–H and O–H groups in total. The molecule has 2 aliphatic rings. The number of rotatable bonds is 10. The topological polar surface area (TPSA) is 30.9 Å². The van der Waals surface area contributed by atoms with Crippen LogP contribution in [0.5, 0.6) is 11.5 Å². The first-order valence-electron chi connectivity index (χ1n) is 19.5. The minimum Gasteiger partial charge on any atom is -0.497 e. The molecule has 6 aromatic carbocycles. The predicted molar refractivity (Wildman–Crippen MR) is 225 cm³/mol. The molecular weight excluding hydrogens is 663 g/mol. The highest BCUT2D eigenvalue weighted by Crippen LogP contribution is 2.58. The Morgan fingerprint density at radius 1 is 0.741 bits per heavy atom. The normalized spacial score (nSPS) is 15.9. The second kappa shape index (κ2) is 14.5. The molecule has 1 aliphatic heterocycles. The van der Waals surface area contributed by atoms with Crippen molar-refractivity contribution in [3.05, 3.63) is 155 Å². The summed E-state index contributed by atoms with van der Waals surface area (Å²) in [6.45, 7) is 12.5. The van der Waals surface area contributed by atoms with Gasteiger partial charge < -0.3 is 19.1 Å². The van der Waals surface area contributed by atoms with Crippen molar-refractivity contribution in [2.45, 2.75) is 51.4 Å². The third-order valence-corrected chi connectivity index (χ3v) is 12.5. The molecule has 274 valence electrons. The fourth-order valence-electron chi connectivity index (χ4n) is 9.31. The van der Waals surface area contributed by atoms with Crippen molar-refractivity contribution in [2.75, 3.05) is 45.4 Å². The molecule has 1 unspecified atom stereocenters. The van der Waals surface area contributed by atoms with Gasteiger partial charge in [-0.2, -0.15) is 0 Å². The molecule has 1 atom stereocenters. The van der Waals surface area contributed by atoms with E-state index in [1.54, 1.807) is 14.2 Å². The molecule has 0 radical (unpaired) electrons. The fraction of sp³-hybridized carbons (Fsp3) is 0.280. The molecule has 0 amide bonds. The molecule has 6 aromatic rings. The minimum atomic E-state index is -0.396. The number of nitrogens with zero attached hydrogens (tertiary/aromatic N) is 1. The number of hydrogen-bond donors (Lipinski definition) is 0. The lowest BCUT2D eigenvalue weighted by atomic mass is 9.70. The minimum absolute atomic E-state index is 0.170. The van der Waals surface area contributed by atoms with E-state index in [2.05, 4.69) is 160 Å². The molecule has 0 aromatic heterocycles. The molecule has 4 nitrogen and oxygen atoms in total. The van der Waals surface area contributed by atoms with E-state index in [0.717, 1.165) is 56.3 Å². The number of allylic oxidation sites excluding steroid dienone is 1. The molecule has 1 aliphatic carbocycles. The first-order valence-corrected chi connectivity index (χ1v) is 19.5. The largest absolute Gasteiger partial charge is 0.497 e. The van der Waals surface area contributed by atoms with Gasteiger partial charge in [-0.25, -0.2) is 0 Å². The zero-order chi connectivity index (χ0) is 37.5. The quantitative estimate of drug-likeness (QED) is 0.141. The van der Waals surface area contributed by atoms with Crippen molar-refractivity contribution in [3.63, 3.8) is 0 Å². The molecule has 1 saturated heterocycles. The summed E-state index contributed by atoms with van der Waals surface area (Å²) in [5.41, 5.74) is 13.7. The molecule has 8 rings (SSSR count). The Labute approximate surface area is 321 Å². The van der Waals surface area contributed by atoms with E-state index < -0.39 is 5.41 Å². The van der Waals surface area contributed by atoms with E-state index >= 15 is 0 Å². The van der Waals surface area contributed by atoms with Crippen LogP contribution in [0.1, 0.15) is 67.0 Å². The third-order valence-electron chi connectivity index (χ3n) is 12.5. The summed E-state index contributed by atoms with van der Waals surface area (Å²) in [4.78, 5) is 2.43. The van der Waals surface area contributed by atoms with E-state index in [1.165, 1.54) is 66.4 Å². The van der Waals surface area contributed by atoms with Crippen molar-refractivity contribution < 1.29 is 14.2 Å². The van der Waals surface area contributed by atoms with Crippen LogP contribution in [0, 0.1) is 6.92 Å². The number of aryl methyl sites for hydroxylation is 1. The molecule has 54 heavy (non-hydrogen) atoms. The predicted octanol–water partition coefficient (Wildman–Crippen LogP) is 11.8. The SMILES string of the molecule is CCC1(CC)c2cc(-c3ccccc3)ccc2-c2c1c(/C=C\C(C)(c1ccccc1)c1ccc(OC)cc1)c(C)c1cc(OC)c(N3CCOCC3)cc21. The van der Waals surface area contributed by atoms with Gasteiger partial charge in [-0.05, 0) is 123 Å². The van der Waals surface area contributed by atoms with E-state index in [0.29, 0.717) is 0 Å². The highest BCUT2D eigenvalue weighted by molar-refractivity contribution is 6.09. The molecular formula is C50H51NO3. The maximum Gasteiger partial charge on any atom is 0.142 e. The van der Waals surface area contributed by atoms with Crippen molar-refractivity contribution in [2.24, 2.45) is 0 Å². The zero-order valence-electron chi connectivity index (χ0n) is 32.5.